The van der Waals surface area contributed by atoms with E-state index in [0.717, 1.165) is 12.8 Å². The average molecular weight is 440 g/mol. The van der Waals surface area contributed by atoms with Gasteiger partial charge in [0, 0.05) is 26.1 Å². The molecule has 0 atom stereocenters. The zero-order valence-electron chi connectivity index (χ0n) is 15.6. The topological polar surface area (TPSA) is 81.8 Å². The monoisotopic (exact) mass is 439 g/mol. The van der Waals surface area contributed by atoms with Gasteiger partial charge >= 0.3 is 6.18 Å². The Kier molecular flexibility index (Phi) is 5.54. The molecule has 156 valence electrons. The molecule has 1 saturated carbocycles. The SMILES string of the molecule is Cc1nn(C)c(C)c1S(=O)(=O)NCCCn1nc(C(F)(F)F)c(Cl)c1C1CC1. The lowest BCUT2D eigenvalue weighted by molar-refractivity contribution is -0.141. The minimum atomic E-state index is -4.62. The summed E-state index contributed by atoms with van der Waals surface area (Å²) in [6, 6.07) is 0. The lowest BCUT2D eigenvalue weighted by Crippen LogP contribution is -2.26. The fourth-order valence-corrected chi connectivity index (χ4v) is 5.11. The summed E-state index contributed by atoms with van der Waals surface area (Å²) in [4.78, 5) is 0.121. The molecule has 1 aliphatic rings. The lowest BCUT2D eigenvalue weighted by Gasteiger charge is -2.09. The van der Waals surface area contributed by atoms with Gasteiger partial charge < -0.3 is 0 Å². The number of alkyl halides is 3. The second-order valence-electron chi connectivity index (χ2n) is 6.92. The van der Waals surface area contributed by atoms with E-state index in [1.807, 2.05) is 0 Å². The Balaban J connectivity index is 1.69. The number of hydrogen-bond acceptors (Lipinski definition) is 4. The Labute approximate surface area is 165 Å². The second-order valence-corrected chi connectivity index (χ2v) is 9.00. The molecule has 7 nitrogen and oxygen atoms in total. The van der Waals surface area contributed by atoms with E-state index in [4.69, 9.17) is 11.6 Å². The highest BCUT2D eigenvalue weighted by atomic mass is 35.5. The van der Waals surface area contributed by atoms with Gasteiger partial charge in [0.25, 0.3) is 0 Å². The predicted octanol–water partition coefficient (Wildman–Crippen LogP) is 3.15. The number of aromatic nitrogens is 4. The first kappa shape index (κ1) is 21.1. The molecule has 2 aromatic rings. The first-order valence-corrected chi connectivity index (χ1v) is 10.6. The van der Waals surface area contributed by atoms with Crippen LogP contribution in [0.1, 0.15) is 48.0 Å². The van der Waals surface area contributed by atoms with Gasteiger partial charge in [-0.1, -0.05) is 11.6 Å². The van der Waals surface area contributed by atoms with Crippen molar-refractivity contribution in [3.63, 3.8) is 0 Å². The normalized spacial score (nSPS) is 15.4. The molecule has 12 heteroatoms. The van der Waals surface area contributed by atoms with Gasteiger partial charge in [-0.2, -0.15) is 23.4 Å². The van der Waals surface area contributed by atoms with Crippen LogP contribution in [-0.2, 0) is 29.8 Å². The maximum Gasteiger partial charge on any atom is 0.436 e. The van der Waals surface area contributed by atoms with Crippen molar-refractivity contribution < 1.29 is 21.6 Å². The second kappa shape index (κ2) is 7.34. The zero-order valence-corrected chi connectivity index (χ0v) is 17.2. The summed E-state index contributed by atoms with van der Waals surface area (Å²) in [7, 11) is -2.11. The number of aryl methyl sites for hydroxylation is 3. The smallest absolute Gasteiger partial charge is 0.271 e. The van der Waals surface area contributed by atoms with Crippen LogP contribution in [-0.4, -0.2) is 34.5 Å². The first-order valence-electron chi connectivity index (χ1n) is 8.76. The molecule has 2 aromatic heterocycles. The van der Waals surface area contributed by atoms with Crippen LogP contribution in [0.5, 0.6) is 0 Å². The number of nitrogens with one attached hydrogen (secondary N) is 1. The molecule has 2 heterocycles. The largest absolute Gasteiger partial charge is 0.436 e. The van der Waals surface area contributed by atoms with E-state index >= 15 is 0 Å². The Morgan fingerprint density at radius 1 is 1.25 bits per heavy atom. The van der Waals surface area contributed by atoms with E-state index in [0.29, 0.717) is 17.1 Å². The van der Waals surface area contributed by atoms with Gasteiger partial charge in [-0.15, -0.1) is 0 Å². The summed E-state index contributed by atoms with van der Waals surface area (Å²) >= 11 is 5.93. The Bertz CT molecular complexity index is 993. The third-order valence-electron chi connectivity index (χ3n) is 4.71. The average Bonchev–Trinajstić information content (AvgIpc) is 3.28. The molecule has 1 N–H and O–H groups in total. The summed E-state index contributed by atoms with van der Waals surface area (Å²) in [5, 5.41) is 7.37. The summed E-state index contributed by atoms with van der Waals surface area (Å²) in [6.45, 7) is 3.45. The molecule has 0 radical (unpaired) electrons. The number of halogens is 4. The number of nitrogens with zero attached hydrogens (tertiary/aromatic N) is 4. The van der Waals surface area contributed by atoms with Gasteiger partial charge in [-0.05, 0) is 33.1 Å². The highest BCUT2D eigenvalue weighted by molar-refractivity contribution is 7.89. The van der Waals surface area contributed by atoms with Crippen LogP contribution >= 0.6 is 11.6 Å². The minimum absolute atomic E-state index is 0.0199. The van der Waals surface area contributed by atoms with Crippen LogP contribution in [0, 0.1) is 13.8 Å². The van der Waals surface area contributed by atoms with Crippen molar-refractivity contribution >= 4 is 21.6 Å². The van der Waals surface area contributed by atoms with Crippen molar-refractivity contribution in [1.29, 1.82) is 0 Å². The fourth-order valence-electron chi connectivity index (χ4n) is 3.20. The van der Waals surface area contributed by atoms with Crippen molar-refractivity contribution in [3.05, 3.63) is 27.8 Å². The molecular formula is C16H21ClF3N5O2S. The summed E-state index contributed by atoms with van der Waals surface area (Å²) in [5.41, 5.74) is 0.195. The van der Waals surface area contributed by atoms with E-state index in [9.17, 15) is 21.6 Å². The minimum Gasteiger partial charge on any atom is -0.271 e. The van der Waals surface area contributed by atoms with Gasteiger partial charge in [0.2, 0.25) is 10.0 Å². The van der Waals surface area contributed by atoms with Crippen molar-refractivity contribution in [1.82, 2.24) is 24.3 Å². The molecule has 0 saturated heterocycles. The quantitative estimate of drug-likeness (QED) is 0.672. The Morgan fingerprint density at radius 3 is 2.39 bits per heavy atom. The molecule has 0 aliphatic heterocycles. The lowest BCUT2D eigenvalue weighted by atomic mass is 10.2. The van der Waals surface area contributed by atoms with Gasteiger partial charge in [-0.3, -0.25) is 9.36 Å². The van der Waals surface area contributed by atoms with Crippen LogP contribution in [0.15, 0.2) is 4.90 Å². The molecule has 1 aliphatic carbocycles. The number of sulfonamides is 1. The molecular weight excluding hydrogens is 419 g/mol. The van der Waals surface area contributed by atoms with E-state index < -0.39 is 21.9 Å². The van der Waals surface area contributed by atoms with Crippen LogP contribution in [0.3, 0.4) is 0 Å². The van der Waals surface area contributed by atoms with Crippen molar-refractivity contribution in [2.24, 2.45) is 7.05 Å². The predicted molar refractivity (Wildman–Crippen MR) is 96.7 cm³/mol. The molecule has 0 unspecified atom stereocenters. The Hall–Kier alpha value is -1.59. The van der Waals surface area contributed by atoms with Crippen molar-refractivity contribution in [3.8, 4) is 0 Å². The maximum absolute atomic E-state index is 13.1. The highest BCUT2D eigenvalue weighted by Crippen LogP contribution is 2.46. The Morgan fingerprint density at radius 2 is 1.89 bits per heavy atom. The van der Waals surface area contributed by atoms with E-state index in [1.54, 1.807) is 20.9 Å². The maximum atomic E-state index is 13.1. The van der Waals surface area contributed by atoms with Crippen molar-refractivity contribution in [2.75, 3.05) is 6.54 Å². The molecule has 0 spiro atoms. The van der Waals surface area contributed by atoms with E-state index in [1.165, 1.54) is 9.36 Å². The fraction of sp³-hybridized carbons (Fsp3) is 0.625. The molecule has 28 heavy (non-hydrogen) atoms. The third kappa shape index (κ3) is 4.06. The first-order chi connectivity index (χ1) is 12.9. The molecule has 3 rings (SSSR count). The highest BCUT2D eigenvalue weighted by Gasteiger charge is 2.41. The third-order valence-corrected chi connectivity index (χ3v) is 6.80. The molecule has 0 amide bonds. The van der Waals surface area contributed by atoms with Crippen LogP contribution in [0.2, 0.25) is 5.02 Å². The van der Waals surface area contributed by atoms with Crippen LogP contribution in [0.25, 0.3) is 0 Å². The van der Waals surface area contributed by atoms with Gasteiger partial charge in [0.05, 0.1) is 22.1 Å². The van der Waals surface area contributed by atoms with Crippen LogP contribution in [0.4, 0.5) is 13.2 Å². The number of hydrogen-bond donors (Lipinski definition) is 1. The summed E-state index contributed by atoms with van der Waals surface area (Å²) in [6.07, 6.45) is -2.81. The van der Waals surface area contributed by atoms with E-state index in [2.05, 4.69) is 14.9 Å². The standard InChI is InChI=1S/C16H21ClF3N5O2S/c1-9-14(10(2)24(3)22-9)28(26,27)21-7-4-8-25-13(11-5-6-11)12(17)15(23-25)16(18,19)20/h11,21H,4-8H2,1-3H3. The van der Waals surface area contributed by atoms with Crippen molar-refractivity contribution in [2.45, 2.75) is 56.6 Å². The molecule has 0 bridgehead atoms. The molecule has 0 aromatic carbocycles. The molecule has 1 fully saturated rings. The van der Waals surface area contributed by atoms with Gasteiger partial charge in [-0.25, -0.2) is 13.1 Å². The van der Waals surface area contributed by atoms with Gasteiger partial charge in [0.15, 0.2) is 5.69 Å². The van der Waals surface area contributed by atoms with Crippen LogP contribution < -0.4 is 4.72 Å². The zero-order chi connectivity index (χ0) is 20.9. The van der Waals surface area contributed by atoms with E-state index in [-0.39, 0.29) is 35.3 Å². The summed E-state index contributed by atoms with van der Waals surface area (Å²) in [5.74, 6) is -0.0199. The summed E-state index contributed by atoms with van der Waals surface area (Å²) < 4.78 is 69.5. The number of rotatable bonds is 7. The van der Waals surface area contributed by atoms with Gasteiger partial charge in [0.1, 0.15) is 4.90 Å².